The van der Waals surface area contributed by atoms with Crippen LogP contribution in [0.2, 0.25) is 36.3 Å². The molecule has 0 saturated carbocycles. The minimum atomic E-state index is -1.61. The van der Waals surface area contributed by atoms with Crippen LogP contribution in [0.1, 0.15) is 67.2 Å². The molecule has 0 fully saturated rings. The molecule has 0 saturated heterocycles. The molecule has 2 nitrogen and oxygen atoms in total. The Hall–Kier alpha value is -0.526. The third-order valence-electron chi connectivity index (χ3n) is 5.67. The Morgan fingerprint density at radius 2 is 0.923 bits per heavy atom. The molecule has 150 valence electrons. The lowest BCUT2D eigenvalue weighted by molar-refractivity contribution is 0.284. The Morgan fingerprint density at radius 1 is 0.615 bits per heavy atom. The van der Waals surface area contributed by atoms with E-state index in [4.69, 9.17) is 8.85 Å². The van der Waals surface area contributed by atoms with Gasteiger partial charge in [0.25, 0.3) is 0 Å². The van der Waals surface area contributed by atoms with Crippen molar-refractivity contribution in [3.05, 3.63) is 0 Å². The van der Waals surface area contributed by atoms with Crippen LogP contribution in [-0.4, -0.2) is 29.8 Å². The van der Waals surface area contributed by atoms with Gasteiger partial charge in [0.15, 0.2) is 16.6 Å². The van der Waals surface area contributed by atoms with Crippen molar-refractivity contribution in [3.63, 3.8) is 0 Å². The van der Waals surface area contributed by atoms with Gasteiger partial charge in [-0.15, -0.1) is 0 Å². The molecule has 0 aromatic carbocycles. The van der Waals surface area contributed by atoms with E-state index in [1.165, 1.54) is 0 Å². The van der Waals surface area contributed by atoms with Gasteiger partial charge in [0.05, 0.1) is 0 Å². The molecule has 26 heavy (non-hydrogen) atoms. The summed E-state index contributed by atoms with van der Waals surface area (Å²) in [4.78, 5) is 0. The minimum Gasteiger partial charge on any atom is -0.417 e. The maximum Gasteiger partial charge on any atom is 0.191 e. The van der Waals surface area contributed by atoms with Crippen LogP contribution in [0.5, 0.6) is 0 Å². The van der Waals surface area contributed by atoms with Crippen molar-refractivity contribution in [2.24, 2.45) is 0 Å². The van der Waals surface area contributed by atoms with Gasteiger partial charge in [-0.25, -0.2) is 0 Å². The average molecular weight is 395 g/mol. The minimum absolute atomic E-state index is 0.276. The number of unbranched alkanes of at least 4 members (excludes halogenated alkanes) is 2. The molecule has 4 heteroatoms. The molecular formula is C22H42O2Si2. The molecule has 0 aromatic rings. The van der Waals surface area contributed by atoms with Crippen LogP contribution < -0.4 is 0 Å². The van der Waals surface area contributed by atoms with Crippen molar-refractivity contribution in [2.45, 2.75) is 103 Å². The van der Waals surface area contributed by atoms with E-state index in [0.29, 0.717) is 0 Å². The van der Waals surface area contributed by atoms with E-state index >= 15 is 0 Å². The van der Waals surface area contributed by atoms with Crippen molar-refractivity contribution in [2.75, 3.05) is 13.2 Å². The predicted octanol–water partition coefficient (Wildman–Crippen LogP) is 6.60. The van der Waals surface area contributed by atoms with Gasteiger partial charge < -0.3 is 8.85 Å². The van der Waals surface area contributed by atoms with Gasteiger partial charge in [-0.05, 0) is 60.9 Å². The Labute approximate surface area is 166 Å². The molecule has 0 aromatic heterocycles. The second-order valence-electron chi connectivity index (χ2n) is 10.0. The quantitative estimate of drug-likeness (QED) is 0.262. The fraction of sp³-hybridized carbons (Fsp3) is 0.818. The highest BCUT2D eigenvalue weighted by Gasteiger charge is 2.37. The van der Waals surface area contributed by atoms with Crippen molar-refractivity contribution in [1.82, 2.24) is 0 Å². The van der Waals surface area contributed by atoms with Crippen LogP contribution in [0.4, 0.5) is 0 Å². The van der Waals surface area contributed by atoms with Crippen LogP contribution in [0.15, 0.2) is 0 Å². The van der Waals surface area contributed by atoms with E-state index in [1.807, 2.05) is 0 Å². The zero-order valence-corrected chi connectivity index (χ0v) is 21.1. The van der Waals surface area contributed by atoms with E-state index in [-0.39, 0.29) is 10.1 Å². The molecule has 0 aliphatic carbocycles. The lowest BCUT2D eigenvalue weighted by Crippen LogP contribution is -2.40. The van der Waals surface area contributed by atoms with E-state index in [1.54, 1.807) is 0 Å². The summed E-state index contributed by atoms with van der Waals surface area (Å²) >= 11 is 0. The molecular weight excluding hydrogens is 352 g/mol. The Kier molecular flexibility index (Phi) is 10.5. The van der Waals surface area contributed by atoms with Gasteiger partial charge in [0.1, 0.15) is 0 Å². The highest BCUT2D eigenvalue weighted by Crippen LogP contribution is 2.37. The predicted molar refractivity (Wildman–Crippen MR) is 120 cm³/mol. The fourth-order valence-electron chi connectivity index (χ4n) is 1.62. The average Bonchev–Trinajstić information content (AvgIpc) is 2.45. The number of hydrogen-bond acceptors (Lipinski definition) is 2. The largest absolute Gasteiger partial charge is 0.417 e. The van der Waals surface area contributed by atoms with E-state index in [9.17, 15) is 0 Å². The SMILES string of the molecule is CC(C)(C)[Si](C)(C)OCCCC#CC#CCCCO[Si](C)(C)C(C)(C)C. The van der Waals surface area contributed by atoms with Gasteiger partial charge >= 0.3 is 0 Å². The standard InChI is InChI=1S/C22H42O2Si2/c1-21(2,3)25(7,8)23-19-17-15-13-11-12-14-16-18-20-24-26(9,10)22(4,5)6/h15-20H2,1-10H3. The summed E-state index contributed by atoms with van der Waals surface area (Å²) in [5, 5.41) is 0.552. The van der Waals surface area contributed by atoms with Crippen LogP contribution >= 0.6 is 0 Å². The summed E-state index contributed by atoms with van der Waals surface area (Å²) in [6.45, 7) is 24.4. The molecule has 0 aliphatic rings. The van der Waals surface area contributed by atoms with E-state index in [2.05, 4.69) is 91.4 Å². The highest BCUT2D eigenvalue weighted by molar-refractivity contribution is 6.74. The third-order valence-corrected chi connectivity index (χ3v) is 14.7. The Morgan fingerprint density at radius 3 is 1.19 bits per heavy atom. The fourth-order valence-corrected chi connectivity index (χ4v) is 3.80. The molecule has 0 spiro atoms. The maximum absolute atomic E-state index is 6.14. The smallest absolute Gasteiger partial charge is 0.191 e. The van der Waals surface area contributed by atoms with E-state index in [0.717, 1.165) is 38.9 Å². The van der Waals surface area contributed by atoms with Crippen LogP contribution in [-0.2, 0) is 8.85 Å². The Balaban J connectivity index is 3.89. The normalized spacial score (nSPS) is 12.8. The molecule has 0 amide bonds. The summed E-state index contributed by atoms with van der Waals surface area (Å²) in [5.74, 6) is 12.2. The first-order valence-electron chi connectivity index (χ1n) is 9.94. The van der Waals surface area contributed by atoms with Crippen molar-refractivity contribution in [1.29, 1.82) is 0 Å². The molecule has 0 atom stereocenters. The number of hydrogen-bond donors (Lipinski definition) is 0. The first-order chi connectivity index (χ1) is 11.7. The van der Waals surface area contributed by atoms with Crippen LogP contribution in [0, 0.1) is 23.7 Å². The molecule has 0 aliphatic heterocycles. The zero-order valence-electron chi connectivity index (χ0n) is 19.1. The summed E-state index contributed by atoms with van der Waals surface area (Å²) in [6, 6.07) is 0. The Bertz CT molecular complexity index is 479. The van der Waals surface area contributed by atoms with Gasteiger partial charge in [-0.1, -0.05) is 53.4 Å². The topological polar surface area (TPSA) is 18.5 Å². The van der Waals surface area contributed by atoms with Crippen molar-refractivity contribution >= 4 is 16.6 Å². The van der Waals surface area contributed by atoms with Gasteiger partial charge in [-0.3, -0.25) is 0 Å². The van der Waals surface area contributed by atoms with Crippen molar-refractivity contribution in [3.8, 4) is 23.7 Å². The van der Waals surface area contributed by atoms with Crippen LogP contribution in [0.3, 0.4) is 0 Å². The first-order valence-corrected chi connectivity index (χ1v) is 15.8. The lowest BCUT2D eigenvalue weighted by atomic mass is 10.2. The molecule has 0 N–H and O–H groups in total. The first kappa shape index (κ1) is 25.5. The summed E-state index contributed by atoms with van der Waals surface area (Å²) in [5.41, 5.74) is 0. The second kappa shape index (κ2) is 10.7. The summed E-state index contributed by atoms with van der Waals surface area (Å²) in [6.07, 6.45) is 3.69. The van der Waals surface area contributed by atoms with Gasteiger partial charge in [0, 0.05) is 26.1 Å². The van der Waals surface area contributed by atoms with Gasteiger partial charge in [0.2, 0.25) is 0 Å². The van der Waals surface area contributed by atoms with Gasteiger partial charge in [-0.2, -0.15) is 0 Å². The highest BCUT2D eigenvalue weighted by atomic mass is 28.4. The zero-order chi connectivity index (χ0) is 20.5. The second-order valence-corrected chi connectivity index (χ2v) is 19.6. The molecule has 0 radical (unpaired) electrons. The summed E-state index contributed by atoms with van der Waals surface area (Å²) < 4.78 is 12.3. The lowest BCUT2D eigenvalue weighted by Gasteiger charge is -2.36. The monoisotopic (exact) mass is 394 g/mol. The van der Waals surface area contributed by atoms with Crippen LogP contribution in [0.25, 0.3) is 0 Å². The third kappa shape index (κ3) is 9.98. The molecule has 0 bridgehead atoms. The summed E-state index contributed by atoms with van der Waals surface area (Å²) in [7, 11) is -3.22. The molecule has 0 rings (SSSR count). The molecule has 0 heterocycles. The molecule has 0 unspecified atom stereocenters. The number of rotatable bonds is 8. The van der Waals surface area contributed by atoms with Crippen molar-refractivity contribution < 1.29 is 8.85 Å². The maximum atomic E-state index is 6.14. The van der Waals surface area contributed by atoms with E-state index < -0.39 is 16.6 Å².